The van der Waals surface area contributed by atoms with Crippen molar-refractivity contribution in [1.82, 2.24) is 4.98 Å². The Balaban J connectivity index is 1.94. The number of fused-ring (bicyclic) bond motifs is 1. The first-order chi connectivity index (χ1) is 10.1. The Morgan fingerprint density at radius 3 is 2.71 bits per heavy atom. The van der Waals surface area contributed by atoms with Crippen LogP contribution in [0.5, 0.6) is 0 Å². The minimum Gasteiger partial charge on any atom is -0.382 e. The minimum absolute atomic E-state index is 0.0858. The minimum atomic E-state index is -0.698. The van der Waals surface area contributed by atoms with E-state index in [-0.39, 0.29) is 16.7 Å². The van der Waals surface area contributed by atoms with Crippen LogP contribution >= 0.6 is 0 Å². The largest absolute Gasteiger partial charge is 0.382 e. The third-order valence-electron chi connectivity index (χ3n) is 3.74. The predicted octanol–water partition coefficient (Wildman–Crippen LogP) is 2.47. The summed E-state index contributed by atoms with van der Waals surface area (Å²) in [5, 5.41) is 15.8. The molecule has 7 heteroatoms. The fourth-order valence-corrected chi connectivity index (χ4v) is 3.92. The van der Waals surface area contributed by atoms with Crippen molar-refractivity contribution in [3.63, 3.8) is 0 Å². The van der Waals surface area contributed by atoms with Crippen LogP contribution in [0.1, 0.15) is 12.8 Å². The Morgan fingerprint density at radius 2 is 2.00 bits per heavy atom. The van der Waals surface area contributed by atoms with Gasteiger partial charge in [-0.1, -0.05) is 0 Å². The molecular weight excluding hydrogens is 290 g/mol. The molecule has 1 aliphatic heterocycles. The molecule has 0 atom stereocenters. The van der Waals surface area contributed by atoms with Gasteiger partial charge in [0.15, 0.2) is 0 Å². The summed E-state index contributed by atoms with van der Waals surface area (Å²) in [6, 6.07) is 5.17. The van der Waals surface area contributed by atoms with Gasteiger partial charge in [0.25, 0.3) is 5.69 Å². The van der Waals surface area contributed by atoms with Crippen LogP contribution in [0.3, 0.4) is 0 Å². The molecule has 1 N–H and O–H groups in total. The van der Waals surface area contributed by atoms with Crippen LogP contribution < -0.4 is 5.32 Å². The van der Waals surface area contributed by atoms with Crippen molar-refractivity contribution in [2.75, 3.05) is 16.8 Å². The van der Waals surface area contributed by atoms with Gasteiger partial charge in [-0.25, -0.2) is 0 Å². The van der Waals surface area contributed by atoms with Crippen LogP contribution in [-0.2, 0) is 10.8 Å². The van der Waals surface area contributed by atoms with Gasteiger partial charge in [-0.05, 0) is 25.0 Å². The summed E-state index contributed by atoms with van der Waals surface area (Å²) in [6.45, 7) is 0. The lowest BCUT2D eigenvalue weighted by Crippen LogP contribution is -2.29. The van der Waals surface area contributed by atoms with E-state index in [4.69, 9.17) is 0 Å². The molecule has 1 aliphatic rings. The average molecular weight is 305 g/mol. The third-order valence-corrected chi connectivity index (χ3v) is 5.12. The summed E-state index contributed by atoms with van der Waals surface area (Å²) < 4.78 is 11.4. The van der Waals surface area contributed by atoms with Gasteiger partial charge in [0.1, 0.15) is 0 Å². The van der Waals surface area contributed by atoms with Gasteiger partial charge in [0.2, 0.25) is 0 Å². The Labute approximate surface area is 124 Å². The van der Waals surface area contributed by atoms with Crippen LogP contribution in [0.4, 0.5) is 11.4 Å². The number of anilines is 1. The highest BCUT2D eigenvalue weighted by Gasteiger charge is 2.20. The standard InChI is InChI=1S/C14H15N3O3S/c18-17(19)14-2-1-13(12-9-15-6-3-11(12)14)16-10-4-7-21(20)8-5-10/h1-3,6,9-10,16H,4-5,7-8H2. The molecule has 0 unspecified atom stereocenters. The number of rotatable bonds is 3. The van der Waals surface area contributed by atoms with Gasteiger partial charge in [0.05, 0.1) is 10.3 Å². The fraction of sp³-hybridized carbons (Fsp3) is 0.357. The van der Waals surface area contributed by atoms with Crippen molar-refractivity contribution in [2.45, 2.75) is 18.9 Å². The molecule has 110 valence electrons. The Kier molecular flexibility index (Phi) is 3.83. The number of nitro benzene ring substituents is 1. The molecule has 0 aliphatic carbocycles. The third kappa shape index (κ3) is 2.87. The number of benzene rings is 1. The summed E-state index contributed by atoms with van der Waals surface area (Å²) in [7, 11) is -0.698. The molecule has 0 amide bonds. The molecular formula is C14H15N3O3S. The summed E-state index contributed by atoms with van der Waals surface area (Å²) in [4.78, 5) is 14.8. The molecule has 1 fully saturated rings. The van der Waals surface area contributed by atoms with Crippen LogP contribution in [0, 0.1) is 10.1 Å². The predicted molar refractivity (Wildman–Crippen MR) is 82.9 cm³/mol. The molecule has 3 rings (SSSR count). The Morgan fingerprint density at radius 1 is 1.24 bits per heavy atom. The van der Waals surface area contributed by atoms with E-state index in [0.717, 1.165) is 23.9 Å². The zero-order chi connectivity index (χ0) is 14.8. The molecule has 0 bridgehead atoms. The summed E-state index contributed by atoms with van der Waals surface area (Å²) in [5.74, 6) is 1.42. The van der Waals surface area contributed by atoms with Gasteiger partial charge in [0, 0.05) is 57.9 Å². The fourth-order valence-electron chi connectivity index (χ4n) is 2.62. The van der Waals surface area contributed by atoms with E-state index in [2.05, 4.69) is 10.3 Å². The average Bonchev–Trinajstić information content (AvgIpc) is 2.49. The zero-order valence-corrected chi connectivity index (χ0v) is 12.1. The quantitative estimate of drug-likeness (QED) is 0.695. The van der Waals surface area contributed by atoms with Crippen LogP contribution in [0.2, 0.25) is 0 Å². The van der Waals surface area contributed by atoms with Gasteiger partial charge >= 0.3 is 0 Å². The number of hydrogen-bond acceptors (Lipinski definition) is 5. The normalized spacial score (nSPS) is 22.1. The maximum atomic E-state index is 11.4. The van der Waals surface area contributed by atoms with Crippen LogP contribution in [0.15, 0.2) is 30.6 Å². The van der Waals surface area contributed by atoms with Crippen LogP contribution in [0.25, 0.3) is 10.8 Å². The molecule has 1 aromatic heterocycles. The van der Waals surface area contributed by atoms with Crippen molar-refractivity contribution >= 4 is 32.9 Å². The van der Waals surface area contributed by atoms with Crippen molar-refractivity contribution in [2.24, 2.45) is 0 Å². The second-order valence-corrected chi connectivity index (χ2v) is 6.77. The molecule has 6 nitrogen and oxygen atoms in total. The second-order valence-electron chi connectivity index (χ2n) is 5.08. The van der Waals surface area contributed by atoms with Crippen molar-refractivity contribution in [1.29, 1.82) is 0 Å². The highest BCUT2D eigenvalue weighted by atomic mass is 32.2. The summed E-state index contributed by atoms with van der Waals surface area (Å²) in [6.07, 6.45) is 4.91. The topological polar surface area (TPSA) is 85.1 Å². The Bertz CT molecular complexity index is 710. The highest BCUT2D eigenvalue weighted by molar-refractivity contribution is 7.85. The monoisotopic (exact) mass is 305 g/mol. The van der Waals surface area contributed by atoms with Crippen LogP contribution in [-0.4, -0.2) is 31.7 Å². The van der Waals surface area contributed by atoms with E-state index < -0.39 is 10.8 Å². The summed E-state index contributed by atoms with van der Waals surface area (Å²) in [5.41, 5.74) is 0.934. The van der Waals surface area contributed by atoms with Gasteiger partial charge < -0.3 is 5.32 Å². The number of aromatic nitrogens is 1. The van der Waals surface area contributed by atoms with E-state index >= 15 is 0 Å². The molecule has 0 radical (unpaired) electrons. The first kappa shape index (κ1) is 13.9. The lowest BCUT2D eigenvalue weighted by atomic mass is 10.1. The van der Waals surface area contributed by atoms with E-state index in [9.17, 15) is 14.3 Å². The number of nitrogens with zero attached hydrogens (tertiary/aromatic N) is 2. The van der Waals surface area contributed by atoms with Gasteiger partial charge in [-0.15, -0.1) is 0 Å². The van der Waals surface area contributed by atoms with Gasteiger partial charge in [-0.2, -0.15) is 0 Å². The molecule has 1 saturated heterocycles. The summed E-state index contributed by atoms with van der Waals surface area (Å²) >= 11 is 0. The lowest BCUT2D eigenvalue weighted by Gasteiger charge is -2.24. The van der Waals surface area contributed by atoms with Gasteiger partial charge in [-0.3, -0.25) is 19.3 Å². The van der Waals surface area contributed by atoms with Crippen molar-refractivity contribution in [3.8, 4) is 0 Å². The molecule has 2 heterocycles. The molecule has 0 spiro atoms. The highest BCUT2D eigenvalue weighted by Crippen LogP contribution is 2.31. The second kappa shape index (κ2) is 5.77. The number of pyridine rings is 1. The zero-order valence-electron chi connectivity index (χ0n) is 11.3. The first-order valence-electron chi connectivity index (χ1n) is 6.78. The number of nitro groups is 1. The number of nitrogens with one attached hydrogen (secondary N) is 1. The van der Waals surface area contributed by atoms with E-state index in [1.54, 1.807) is 24.5 Å². The van der Waals surface area contributed by atoms with E-state index in [1.165, 1.54) is 6.07 Å². The lowest BCUT2D eigenvalue weighted by molar-refractivity contribution is -0.383. The molecule has 0 saturated carbocycles. The first-order valence-corrected chi connectivity index (χ1v) is 8.26. The van der Waals surface area contributed by atoms with Crippen molar-refractivity contribution < 1.29 is 9.13 Å². The smallest absolute Gasteiger partial charge is 0.277 e. The molecule has 21 heavy (non-hydrogen) atoms. The number of non-ortho nitro benzene ring substituents is 1. The van der Waals surface area contributed by atoms with E-state index in [0.29, 0.717) is 16.9 Å². The Hall–Kier alpha value is -2.02. The SMILES string of the molecule is O=[N+]([O-])c1ccc(NC2CCS(=O)CC2)c2cnccc12. The number of hydrogen-bond donors (Lipinski definition) is 1. The molecule has 1 aromatic carbocycles. The van der Waals surface area contributed by atoms with E-state index in [1.807, 2.05) is 0 Å². The maximum absolute atomic E-state index is 11.4. The molecule has 2 aromatic rings. The van der Waals surface area contributed by atoms with Crippen molar-refractivity contribution in [3.05, 3.63) is 40.7 Å². The maximum Gasteiger partial charge on any atom is 0.277 e.